The molecule has 0 heterocycles. The molecule has 6 nitrogen and oxygen atoms in total. The third kappa shape index (κ3) is 4.99. The predicted octanol–water partition coefficient (Wildman–Crippen LogP) is 3.62. The van der Waals surface area contributed by atoms with Crippen LogP contribution in [0, 0.1) is 0 Å². The van der Waals surface area contributed by atoms with Crippen LogP contribution in [-0.4, -0.2) is 32.7 Å². The van der Waals surface area contributed by atoms with Crippen molar-refractivity contribution >= 4 is 17.6 Å². The lowest BCUT2D eigenvalue weighted by Gasteiger charge is -2.12. The van der Waals surface area contributed by atoms with Crippen LogP contribution >= 0.6 is 0 Å². The molecule has 0 unspecified atom stereocenters. The summed E-state index contributed by atoms with van der Waals surface area (Å²) in [6.45, 7) is 3.96. The number of carbonyl (C=O) groups excluding carboxylic acids is 2. The van der Waals surface area contributed by atoms with Crippen LogP contribution in [0.1, 0.15) is 35.7 Å². The van der Waals surface area contributed by atoms with Crippen LogP contribution in [0.25, 0.3) is 0 Å². The molecule has 6 heteroatoms. The maximum absolute atomic E-state index is 12.1. The van der Waals surface area contributed by atoms with Gasteiger partial charge in [-0.25, -0.2) is 4.79 Å². The molecular weight excluding hydrogens is 334 g/mol. The Hall–Kier alpha value is -3.02. The molecule has 0 saturated heterocycles. The second kappa shape index (κ2) is 8.89. The number of benzene rings is 2. The van der Waals surface area contributed by atoms with Crippen LogP contribution in [0.2, 0.25) is 0 Å². The van der Waals surface area contributed by atoms with E-state index in [4.69, 9.17) is 14.2 Å². The number of amides is 1. The Labute approximate surface area is 153 Å². The molecule has 0 fully saturated rings. The highest BCUT2D eigenvalue weighted by molar-refractivity contribution is 5.94. The van der Waals surface area contributed by atoms with Gasteiger partial charge in [-0.3, -0.25) is 4.79 Å². The Morgan fingerprint density at radius 1 is 1.04 bits per heavy atom. The van der Waals surface area contributed by atoms with Crippen molar-refractivity contribution in [3.05, 3.63) is 53.6 Å². The Morgan fingerprint density at radius 3 is 2.31 bits per heavy atom. The predicted molar refractivity (Wildman–Crippen MR) is 99.0 cm³/mol. The first-order valence-electron chi connectivity index (χ1n) is 8.23. The van der Waals surface area contributed by atoms with Gasteiger partial charge in [-0.2, -0.15) is 0 Å². The number of carbonyl (C=O) groups is 2. The molecular formula is C20H23NO5. The molecule has 138 valence electrons. The molecule has 1 N–H and O–H groups in total. The molecule has 1 amide bonds. The molecule has 0 aliphatic heterocycles. The Morgan fingerprint density at radius 2 is 1.73 bits per heavy atom. The largest absolute Gasteiger partial charge is 0.497 e. The molecule has 0 saturated carbocycles. The third-order valence-corrected chi connectivity index (χ3v) is 3.81. The molecule has 2 rings (SSSR count). The van der Waals surface area contributed by atoms with Crippen molar-refractivity contribution in [2.24, 2.45) is 0 Å². The maximum atomic E-state index is 12.1. The molecule has 0 spiro atoms. The van der Waals surface area contributed by atoms with E-state index in [1.54, 1.807) is 6.07 Å². The van der Waals surface area contributed by atoms with E-state index >= 15 is 0 Å². The van der Waals surface area contributed by atoms with E-state index in [1.165, 1.54) is 31.9 Å². The molecule has 0 atom stereocenters. The van der Waals surface area contributed by atoms with Gasteiger partial charge in [-0.05, 0) is 35.7 Å². The summed E-state index contributed by atoms with van der Waals surface area (Å²) in [5, 5.41) is 2.76. The van der Waals surface area contributed by atoms with Gasteiger partial charge in [-0.15, -0.1) is 0 Å². The van der Waals surface area contributed by atoms with Crippen LogP contribution in [0.15, 0.2) is 42.5 Å². The zero-order chi connectivity index (χ0) is 19.1. The average Bonchev–Trinajstić information content (AvgIpc) is 2.65. The van der Waals surface area contributed by atoms with Crippen molar-refractivity contribution in [1.29, 1.82) is 0 Å². The van der Waals surface area contributed by atoms with Crippen molar-refractivity contribution in [2.75, 3.05) is 26.1 Å². The molecule has 26 heavy (non-hydrogen) atoms. The first-order valence-corrected chi connectivity index (χ1v) is 8.23. The van der Waals surface area contributed by atoms with E-state index in [9.17, 15) is 9.59 Å². The highest BCUT2D eigenvalue weighted by Crippen LogP contribution is 2.25. The van der Waals surface area contributed by atoms with Gasteiger partial charge >= 0.3 is 5.97 Å². The fourth-order valence-electron chi connectivity index (χ4n) is 2.32. The summed E-state index contributed by atoms with van der Waals surface area (Å²) in [6, 6.07) is 12.3. The number of ether oxygens (including phenoxy) is 3. The lowest BCUT2D eigenvalue weighted by Crippen LogP contribution is -2.21. The van der Waals surface area contributed by atoms with E-state index in [0.717, 1.165) is 0 Å². The highest BCUT2D eigenvalue weighted by Gasteiger charge is 2.15. The van der Waals surface area contributed by atoms with E-state index in [0.29, 0.717) is 17.4 Å². The van der Waals surface area contributed by atoms with Crippen molar-refractivity contribution in [1.82, 2.24) is 0 Å². The van der Waals surface area contributed by atoms with Gasteiger partial charge in [0.1, 0.15) is 17.1 Å². The number of hydrogen-bond acceptors (Lipinski definition) is 5. The van der Waals surface area contributed by atoms with Gasteiger partial charge in [0.15, 0.2) is 6.61 Å². The summed E-state index contributed by atoms with van der Waals surface area (Å²) in [7, 11) is 2.79. The van der Waals surface area contributed by atoms with Crippen molar-refractivity contribution in [3.63, 3.8) is 0 Å². The van der Waals surface area contributed by atoms with Gasteiger partial charge < -0.3 is 19.5 Å². The average molecular weight is 357 g/mol. The summed E-state index contributed by atoms with van der Waals surface area (Å²) in [4.78, 5) is 23.9. The summed E-state index contributed by atoms with van der Waals surface area (Å²) in [5.41, 5.74) is 2.10. The second-order valence-corrected chi connectivity index (χ2v) is 5.97. The first-order chi connectivity index (χ1) is 12.4. The molecule has 0 aliphatic rings. The molecule has 0 radical (unpaired) electrons. The van der Waals surface area contributed by atoms with E-state index in [2.05, 4.69) is 19.2 Å². The Bertz CT molecular complexity index is 768. The van der Waals surface area contributed by atoms with E-state index in [-0.39, 0.29) is 23.8 Å². The van der Waals surface area contributed by atoms with Crippen LogP contribution < -0.4 is 14.8 Å². The minimum absolute atomic E-state index is 0.224. The van der Waals surface area contributed by atoms with Crippen molar-refractivity contribution in [3.8, 4) is 11.5 Å². The topological polar surface area (TPSA) is 73.9 Å². The molecule has 0 aliphatic carbocycles. The third-order valence-electron chi connectivity index (χ3n) is 3.81. The van der Waals surface area contributed by atoms with Crippen molar-refractivity contribution in [2.45, 2.75) is 19.8 Å². The van der Waals surface area contributed by atoms with Crippen LogP contribution in [-0.2, 0) is 9.53 Å². The second-order valence-electron chi connectivity index (χ2n) is 5.97. The van der Waals surface area contributed by atoms with Gasteiger partial charge in [0.2, 0.25) is 0 Å². The number of methoxy groups -OCH3 is 2. The summed E-state index contributed by atoms with van der Waals surface area (Å²) in [6.07, 6.45) is 0. The smallest absolute Gasteiger partial charge is 0.341 e. The van der Waals surface area contributed by atoms with Crippen LogP contribution in [0.4, 0.5) is 5.69 Å². The minimum Gasteiger partial charge on any atom is -0.497 e. The van der Waals surface area contributed by atoms with Gasteiger partial charge in [0, 0.05) is 11.8 Å². The zero-order valence-corrected chi connectivity index (χ0v) is 15.4. The number of esters is 1. The lowest BCUT2D eigenvalue weighted by molar-refractivity contribution is -0.118. The lowest BCUT2D eigenvalue weighted by atomic mass is 10.0. The Kier molecular flexibility index (Phi) is 6.60. The van der Waals surface area contributed by atoms with E-state index < -0.39 is 5.97 Å². The van der Waals surface area contributed by atoms with Crippen LogP contribution in [0.5, 0.6) is 11.5 Å². The first kappa shape index (κ1) is 19.3. The quantitative estimate of drug-likeness (QED) is 0.766. The fourth-order valence-corrected chi connectivity index (χ4v) is 2.32. The molecule has 0 aromatic heterocycles. The fraction of sp³-hybridized carbons (Fsp3) is 0.300. The highest BCUT2D eigenvalue weighted by atomic mass is 16.5. The summed E-state index contributed by atoms with van der Waals surface area (Å²) < 4.78 is 15.4. The standard InChI is InChI=1S/C20H23NO5/c1-13(2)14-5-7-15(8-6-14)21-19(22)12-26-18-11-16(24-3)9-10-17(18)20(23)25-4/h5-11,13H,12H2,1-4H3,(H,21,22). The maximum Gasteiger partial charge on any atom is 0.341 e. The van der Waals surface area contributed by atoms with Gasteiger partial charge in [0.05, 0.1) is 14.2 Å². The monoisotopic (exact) mass is 357 g/mol. The number of rotatable bonds is 7. The molecule has 2 aromatic rings. The minimum atomic E-state index is -0.549. The SMILES string of the molecule is COC(=O)c1ccc(OC)cc1OCC(=O)Nc1ccc(C(C)C)cc1. The van der Waals surface area contributed by atoms with Gasteiger partial charge in [0.25, 0.3) is 5.91 Å². The van der Waals surface area contributed by atoms with Crippen molar-refractivity contribution < 1.29 is 23.8 Å². The molecule has 2 aromatic carbocycles. The zero-order valence-electron chi connectivity index (χ0n) is 15.4. The van der Waals surface area contributed by atoms with Gasteiger partial charge in [-0.1, -0.05) is 26.0 Å². The van der Waals surface area contributed by atoms with E-state index in [1.807, 2.05) is 24.3 Å². The normalized spacial score (nSPS) is 10.3. The summed E-state index contributed by atoms with van der Waals surface area (Å²) >= 11 is 0. The number of hydrogen-bond donors (Lipinski definition) is 1. The number of anilines is 1. The van der Waals surface area contributed by atoms with Crippen LogP contribution in [0.3, 0.4) is 0 Å². The molecule has 0 bridgehead atoms. The summed E-state index contributed by atoms with van der Waals surface area (Å²) in [5.74, 6) is 0.278. The number of nitrogens with one attached hydrogen (secondary N) is 1. The Balaban J connectivity index is 2.03.